The molecule has 0 radical (unpaired) electrons. The van der Waals surface area contributed by atoms with Crippen LogP contribution in [0, 0.1) is 0 Å². The average Bonchev–Trinajstić information content (AvgIpc) is 4.11. The lowest BCUT2D eigenvalue weighted by Crippen LogP contribution is -2.41. The molecule has 1 fully saturated rings. The van der Waals surface area contributed by atoms with Crippen LogP contribution < -0.4 is 18.9 Å². The number of carbonyl (C=O) groups excluding carboxylic acids is 1. The van der Waals surface area contributed by atoms with Gasteiger partial charge in [-0.2, -0.15) is 9.10 Å². The number of nitrogens with zero attached hydrogens (tertiary/aromatic N) is 7. The van der Waals surface area contributed by atoms with Crippen LogP contribution in [0.2, 0.25) is 0 Å². The fraction of sp³-hybridized carbons (Fsp3) is 0.298. The molecular formula is C47H51N9O9S2. The Morgan fingerprint density at radius 2 is 1.39 bits per heavy atom. The highest BCUT2D eigenvalue weighted by Gasteiger charge is 2.40. The first kappa shape index (κ1) is 46.7. The van der Waals surface area contributed by atoms with E-state index in [0.717, 1.165) is 5.56 Å². The van der Waals surface area contributed by atoms with Gasteiger partial charge in [0.2, 0.25) is 25.9 Å². The fourth-order valence-electron chi connectivity index (χ4n) is 7.82. The third-order valence-electron chi connectivity index (χ3n) is 11.1. The number of likely N-dealkylation sites (tertiary alicyclic amines) is 1. The normalized spacial score (nSPS) is 14.4. The van der Waals surface area contributed by atoms with Crippen LogP contribution in [0.3, 0.4) is 0 Å². The van der Waals surface area contributed by atoms with Crippen LogP contribution in [0.15, 0.2) is 119 Å². The first-order chi connectivity index (χ1) is 32.0. The highest BCUT2D eigenvalue weighted by atomic mass is 32.2. The van der Waals surface area contributed by atoms with Crippen molar-refractivity contribution in [3.63, 3.8) is 0 Å². The lowest BCUT2D eigenvalue weighted by Gasteiger charge is -2.27. The van der Waals surface area contributed by atoms with E-state index in [4.69, 9.17) is 24.0 Å². The van der Waals surface area contributed by atoms with Crippen LogP contribution in [0.1, 0.15) is 43.9 Å². The first-order valence-corrected chi connectivity index (χ1v) is 24.2. The number of carbonyl (C=O) groups is 1. The Morgan fingerprint density at radius 3 is 1.97 bits per heavy atom. The summed E-state index contributed by atoms with van der Waals surface area (Å²) in [6.45, 7) is 5.21. The Morgan fingerprint density at radius 1 is 0.791 bits per heavy atom. The van der Waals surface area contributed by atoms with Gasteiger partial charge in [0.15, 0.2) is 0 Å². The smallest absolute Gasteiger partial charge is 0.410 e. The van der Waals surface area contributed by atoms with Crippen molar-refractivity contribution in [1.29, 1.82) is 0 Å². The number of hydrogen-bond donors (Lipinski definition) is 2. The molecule has 8 rings (SSSR count). The Balaban J connectivity index is 1.34. The van der Waals surface area contributed by atoms with Crippen molar-refractivity contribution in [1.82, 2.24) is 44.1 Å². The molecule has 67 heavy (non-hydrogen) atoms. The Hall–Kier alpha value is -6.87. The molecule has 5 aromatic carbocycles. The largest absolute Gasteiger partial charge is 0.497 e. The topological polar surface area (TPSA) is 213 Å². The second-order valence-electron chi connectivity index (χ2n) is 16.9. The molecule has 2 aromatic heterocycles. The summed E-state index contributed by atoms with van der Waals surface area (Å²) in [6, 6.07) is 28.5. The van der Waals surface area contributed by atoms with E-state index in [1.54, 1.807) is 101 Å². The number of amides is 1. The molecule has 1 amide bonds. The van der Waals surface area contributed by atoms with Crippen molar-refractivity contribution >= 4 is 37.2 Å². The van der Waals surface area contributed by atoms with Crippen LogP contribution >= 0.6 is 0 Å². The molecule has 1 saturated heterocycles. The predicted octanol–water partition coefficient (Wildman–Crippen LogP) is 6.64. The van der Waals surface area contributed by atoms with Crippen molar-refractivity contribution in [3.8, 4) is 39.8 Å². The summed E-state index contributed by atoms with van der Waals surface area (Å²) in [4.78, 5) is 22.3. The molecule has 1 aliphatic rings. The summed E-state index contributed by atoms with van der Waals surface area (Å²) in [5.41, 5.74) is 3.00. The van der Waals surface area contributed by atoms with Crippen molar-refractivity contribution in [2.45, 2.75) is 68.3 Å². The van der Waals surface area contributed by atoms with E-state index in [9.17, 15) is 4.79 Å². The number of benzene rings is 5. The highest BCUT2D eigenvalue weighted by Crippen LogP contribution is 2.43. The zero-order valence-corrected chi connectivity index (χ0v) is 39.5. The summed E-state index contributed by atoms with van der Waals surface area (Å²) in [5.74, 6) is 1.63. The Labute approximate surface area is 388 Å². The molecule has 20 heteroatoms. The maximum atomic E-state index is 16.1. The molecule has 0 aliphatic carbocycles. The van der Waals surface area contributed by atoms with E-state index < -0.39 is 47.6 Å². The van der Waals surface area contributed by atoms with Crippen molar-refractivity contribution < 1.29 is 40.6 Å². The number of tetrazole rings is 1. The van der Waals surface area contributed by atoms with Gasteiger partial charge in [-0.05, 0) is 103 Å². The third-order valence-corrected chi connectivity index (χ3v) is 14.7. The molecule has 3 heterocycles. The molecular weight excluding hydrogens is 899 g/mol. The number of aromatic nitrogens is 6. The molecule has 1 atom stereocenters. The lowest BCUT2D eigenvalue weighted by atomic mass is 9.98. The average molecular weight is 950 g/mol. The van der Waals surface area contributed by atoms with Crippen LogP contribution in [0.25, 0.3) is 33.5 Å². The maximum Gasteiger partial charge on any atom is 0.410 e. The quantitative estimate of drug-likeness (QED) is 0.104. The van der Waals surface area contributed by atoms with Crippen LogP contribution in [0.5, 0.6) is 17.2 Å². The number of rotatable bonds is 16. The third kappa shape index (κ3) is 10.4. The van der Waals surface area contributed by atoms with E-state index in [1.807, 2.05) is 18.2 Å². The van der Waals surface area contributed by atoms with Gasteiger partial charge in [-0.25, -0.2) is 31.3 Å². The summed E-state index contributed by atoms with van der Waals surface area (Å²) in [6.07, 6.45) is 1.17. The zero-order chi connectivity index (χ0) is 47.5. The Bertz CT molecular complexity index is 3050. The number of methoxy groups -OCH3 is 3. The van der Waals surface area contributed by atoms with E-state index in [-0.39, 0.29) is 56.1 Å². The van der Waals surface area contributed by atoms with Crippen LogP contribution in [-0.2, 0) is 44.4 Å². The molecule has 1 aliphatic heterocycles. The maximum absolute atomic E-state index is 16.1. The number of ether oxygens (including phenoxy) is 4. The number of nitrogens with one attached hydrogen (secondary N) is 2. The second-order valence-corrected chi connectivity index (χ2v) is 20.5. The molecule has 0 saturated carbocycles. The highest BCUT2D eigenvalue weighted by molar-refractivity contribution is 7.92. The van der Waals surface area contributed by atoms with Gasteiger partial charge < -0.3 is 28.8 Å². The minimum absolute atomic E-state index is 0.00930. The molecule has 0 bridgehead atoms. The van der Waals surface area contributed by atoms with Gasteiger partial charge in [-0.1, -0.05) is 54.6 Å². The number of aromatic amines is 1. The number of para-hydroxylation sites is 1. The van der Waals surface area contributed by atoms with Gasteiger partial charge in [-0.15, -0.1) is 10.2 Å². The van der Waals surface area contributed by atoms with Crippen molar-refractivity contribution in [2.75, 3.05) is 34.4 Å². The molecule has 0 unspecified atom stereocenters. The van der Waals surface area contributed by atoms with E-state index in [2.05, 4.69) is 25.0 Å². The van der Waals surface area contributed by atoms with Crippen molar-refractivity contribution in [3.05, 3.63) is 126 Å². The van der Waals surface area contributed by atoms with Gasteiger partial charge in [0, 0.05) is 37.8 Å². The predicted molar refractivity (Wildman–Crippen MR) is 249 cm³/mol. The van der Waals surface area contributed by atoms with E-state index in [1.165, 1.54) is 46.7 Å². The second kappa shape index (κ2) is 19.2. The molecule has 0 spiro atoms. The van der Waals surface area contributed by atoms with Gasteiger partial charge >= 0.3 is 6.09 Å². The SMILES string of the molecule is COc1ccc(CN(Cc2ccc(OC)cc2)S(=O)(=O)c2c(S(=O)(=O)N[C@@H]3CCN(C(=O)OC(C)(C)C)C3)ccc(-c3cccc4[nH]cnc34)c2-c2nnn(Cc3ccc(OC)cc3)n2)cc1. The number of H-pyrrole nitrogens is 1. The van der Waals surface area contributed by atoms with Gasteiger partial charge in [0.05, 0.1) is 50.8 Å². The molecule has 2 N–H and O–H groups in total. The van der Waals surface area contributed by atoms with Gasteiger partial charge in [0.1, 0.15) is 32.6 Å². The van der Waals surface area contributed by atoms with Crippen molar-refractivity contribution in [2.24, 2.45) is 0 Å². The molecule has 18 nitrogen and oxygen atoms in total. The summed E-state index contributed by atoms with van der Waals surface area (Å²) < 4.78 is 88.0. The number of hydrogen-bond acceptors (Lipinski definition) is 13. The Kier molecular flexibility index (Phi) is 13.3. The minimum atomic E-state index is -4.92. The first-order valence-electron chi connectivity index (χ1n) is 21.3. The summed E-state index contributed by atoms with van der Waals surface area (Å²) in [5, 5.41) is 13.5. The van der Waals surface area contributed by atoms with E-state index in [0.29, 0.717) is 45.0 Å². The van der Waals surface area contributed by atoms with Gasteiger partial charge in [-0.3, -0.25) is 0 Å². The zero-order valence-electron chi connectivity index (χ0n) is 37.8. The summed E-state index contributed by atoms with van der Waals surface area (Å²) in [7, 11) is -5.02. The van der Waals surface area contributed by atoms with Gasteiger partial charge in [0.25, 0.3) is 0 Å². The summed E-state index contributed by atoms with van der Waals surface area (Å²) >= 11 is 0. The number of sulfonamides is 2. The number of fused-ring (bicyclic) bond motifs is 1. The number of imidazole rings is 1. The van der Waals surface area contributed by atoms with Crippen LogP contribution in [-0.4, -0.2) is 108 Å². The molecule has 350 valence electrons. The van der Waals surface area contributed by atoms with E-state index >= 15 is 16.8 Å². The minimum Gasteiger partial charge on any atom is -0.497 e. The monoisotopic (exact) mass is 949 g/mol. The fourth-order valence-corrected chi connectivity index (χ4v) is 11.5. The van der Waals surface area contributed by atoms with Crippen LogP contribution in [0.4, 0.5) is 4.79 Å². The lowest BCUT2D eigenvalue weighted by molar-refractivity contribution is 0.0292. The molecule has 7 aromatic rings. The standard InChI is InChI=1S/C47H51N9O9S2/c1-47(2,3)65-46(57)54-25-24-34(29-54)52-66(58,59)41-23-22-38(39-8-7-9-40-43(39)49-30-48-40)42(45-50-53-56(51-45)28-33-14-20-37(64-6)21-15-33)44(41)67(60,61)55(26-31-10-16-35(62-4)17-11-31)27-32-12-18-36(63-5)19-13-32/h7-23,30,34,52H,24-29H2,1-6H3,(H,48,49)/t34-/m1/s1.